The summed E-state index contributed by atoms with van der Waals surface area (Å²) in [6.07, 6.45) is 0.264. The Bertz CT molecular complexity index is 1630. The van der Waals surface area contributed by atoms with E-state index in [9.17, 15) is 53.7 Å². The molecule has 0 spiro atoms. The molecule has 1 aliphatic rings. The smallest absolute Gasteiger partial charge is 0.305 e. The Hall–Kier alpha value is -6.05. The zero-order chi connectivity index (χ0) is 39.2. The van der Waals surface area contributed by atoms with Crippen LogP contribution in [-0.4, -0.2) is 122 Å². The molecule has 1 saturated heterocycles. The number of aliphatic hydroxyl groups is 1. The summed E-state index contributed by atoms with van der Waals surface area (Å²) < 4.78 is 0. The predicted octanol–water partition coefficient (Wildman–Crippen LogP) is -3.53. The third-order valence-electron chi connectivity index (χ3n) is 8.37. The highest BCUT2D eigenvalue weighted by Crippen LogP contribution is 2.13. The number of nitrogens with one attached hydrogen (secondary N) is 8. The lowest BCUT2D eigenvalue weighted by Crippen LogP contribution is -2.61. The largest absolute Gasteiger partial charge is 0.508 e. The fourth-order valence-electron chi connectivity index (χ4n) is 5.22. The maximum absolute atomic E-state index is 13.7. The molecule has 1 aliphatic heterocycles. The van der Waals surface area contributed by atoms with Gasteiger partial charge in [-0.25, -0.2) is 4.98 Å². The Kier molecular flexibility index (Phi) is 15.2. The molecule has 1 aromatic carbocycles. The molecule has 0 aliphatic carbocycles. The van der Waals surface area contributed by atoms with Gasteiger partial charge in [0, 0.05) is 24.7 Å². The summed E-state index contributed by atoms with van der Waals surface area (Å²) in [4.78, 5) is 111. The number of imidazole rings is 1. The monoisotopic (exact) mass is 743 g/mol. The summed E-state index contributed by atoms with van der Waals surface area (Å²) in [5.41, 5.74) is 0.893. The van der Waals surface area contributed by atoms with Crippen LogP contribution in [-0.2, 0) is 51.2 Å². The number of nitrogens with zero attached hydrogens (tertiary/aromatic N) is 1. The van der Waals surface area contributed by atoms with Crippen molar-refractivity contribution < 1.29 is 53.7 Å². The van der Waals surface area contributed by atoms with Gasteiger partial charge in [-0.05, 0) is 30.5 Å². The van der Waals surface area contributed by atoms with Gasteiger partial charge in [0.1, 0.15) is 36.0 Å². The summed E-state index contributed by atoms with van der Waals surface area (Å²) in [6.45, 7) is 3.19. The van der Waals surface area contributed by atoms with E-state index in [0.29, 0.717) is 17.7 Å². The second-order valence-corrected chi connectivity index (χ2v) is 12.6. The zero-order valence-electron chi connectivity index (χ0n) is 29.3. The Morgan fingerprint density at radius 3 is 1.89 bits per heavy atom. The molecule has 1 fully saturated rings. The average Bonchev–Trinajstić information content (AvgIpc) is 3.62. The summed E-state index contributed by atoms with van der Waals surface area (Å²) in [7, 11) is 0. The zero-order valence-corrected chi connectivity index (χ0v) is 29.3. The van der Waals surface area contributed by atoms with Crippen molar-refractivity contribution in [3.05, 3.63) is 48.0 Å². The number of phenols is 1. The third kappa shape index (κ3) is 12.9. The van der Waals surface area contributed by atoms with Gasteiger partial charge in [0.25, 0.3) is 0 Å². The normalized spacial score (nSPS) is 24.1. The Labute approximate surface area is 303 Å². The number of amides is 7. The Morgan fingerprint density at radius 2 is 1.32 bits per heavy atom. The first-order valence-electron chi connectivity index (χ1n) is 16.8. The van der Waals surface area contributed by atoms with E-state index < -0.39 is 109 Å². The summed E-state index contributed by atoms with van der Waals surface area (Å²) in [6, 6.07) is -1.78. The van der Waals surface area contributed by atoms with Gasteiger partial charge >= 0.3 is 5.97 Å². The number of H-pyrrole nitrogens is 1. The predicted molar refractivity (Wildman–Crippen MR) is 183 cm³/mol. The fourth-order valence-corrected chi connectivity index (χ4v) is 5.22. The number of carboxylic acid groups (broad SMARTS) is 1. The van der Waals surface area contributed by atoms with Gasteiger partial charge in [0.05, 0.1) is 31.9 Å². The van der Waals surface area contributed by atoms with Crippen LogP contribution in [0.5, 0.6) is 5.75 Å². The maximum atomic E-state index is 13.7. The van der Waals surface area contributed by atoms with Gasteiger partial charge < -0.3 is 57.5 Å². The molecule has 2 heterocycles. The minimum Gasteiger partial charge on any atom is -0.508 e. The van der Waals surface area contributed by atoms with Crippen molar-refractivity contribution in [2.75, 3.05) is 13.1 Å². The molecule has 2 aromatic rings. The number of hydrogen-bond donors (Lipinski definition) is 11. The molecule has 0 radical (unpaired) electrons. The molecule has 53 heavy (non-hydrogen) atoms. The molecule has 0 saturated carbocycles. The number of rotatable bonds is 9. The topological polar surface area (TPSA) is 310 Å². The van der Waals surface area contributed by atoms with Crippen LogP contribution in [0.2, 0.25) is 0 Å². The number of phenolic OH excluding ortho intramolecular Hbond substituents is 1. The number of aromatic nitrogens is 2. The van der Waals surface area contributed by atoms with Crippen molar-refractivity contribution in [2.24, 2.45) is 5.92 Å². The van der Waals surface area contributed by atoms with Gasteiger partial charge in [0.15, 0.2) is 0 Å². The number of carbonyl (C=O) groups excluding carboxylic acids is 7. The molecule has 1 aromatic heterocycles. The van der Waals surface area contributed by atoms with Gasteiger partial charge in [-0.3, -0.25) is 38.4 Å². The van der Waals surface area contributed by atoms with Crippen LogP contribution in [0.4, 0.5) is 0 Å². The first-order valence-corrected chi connectivity index (χ1v) is 16.8. The number of hydrogen-bond acceptors (Lipinski definition) is 11. The summed E-state index contributed by atoms with van der Waals surface area (Å²) in [5, 5.41) is 46.3. The summed E-state index contributed by atoms with van der Waals surface area (Å²) in [5.74, 6) is -8.58. The van der Waals surface area contributed by atoms with Crippen molar-refractivity contribution in [2.45, 2.75) is 82.8 Å². The number of carbonyl (C=O) groups is 8. The van der Waals surface area contributed by atoms with Gasteiger partial charge in [-0.2, -0.15) is 0 Å². The molecular weight excluding hydrogens is 698 g/mol. The van der Waals surface area contributed by atoms with E-state index in [1.807, 2.05) is 0 Å². The van der Waals surface area contributed by atoms with Crippen LogP contribution in [0.25, 0.3) is 0 Å². The first-order chi connectivity index (χ1) is 25.1. The molecule has 288 valence electrons. The molecular formula is C33H45N9O11. The maximum Gasteiger partial charge on any atom is 0.305 e. The molecule has 20 nitrogen and oxygen atoms in total. The van der Waals surface area contributed by atoms with E-state index in [1.165, 1.54) is 36.8 Å². The van der Waals surface area contributed by atoms with Crippen molar-refractivity contribution in [3.8, 4) is 5.75 Å². The van der Waals surface area contributed by atoms with E-state index in [1.54, 1.807) is 13.8 Å². The standard InChI is InChI=1S/C33H45N9O11/c1-4-16(2)27-32(52)39-22(10-19-12-34-15-37-19)31(51)42-28(17(3)43)33(53)40-23(11-26(47)48)30(50)35-13-24(45)38-21(29(49)36-14-25(46)41-27)9-18-5-7-20(44)8-6-18/h5-8,12,15-17,21-23,27-28,43-44H,4,9-11,13-14H2,1-3H3,(H,34,37)(H,35,50)(H,36,49)(H,38,45)(H,39,52)(H,40,53)(H,41,46)(H,42,51)(H,47,48)/t16-,17+,21-,22-,23-,27-,28-/m0/s1. The number of aromatic amines is 1. The third-order valence-corrected chi connectivity index (χ3v) is 8.37. The SMILES string of the molecule is CC[C@H](C)[C@@H]1NC(=O)CNC(=O)[C@H](Cc2ccc(O)cc2)NC(=O)CNC(=O)[C@H](CC(=O)O)NC(=O)[C@H]([C@@H](C)O)NC(=O)[C@H](Cc2cnc[nH]2)NC1=O. The first kappa shape index (κ1) is 41.4. The number of aromatic hydroxyl groups is 1. The van der Waals surface area contributed by atoms with E-state index in [0.717, 1.165) is 6.92 Å². The van der Waals surface area contributed by atoms with Crippen molar-refractivity contribution in [1.29, 1.82) is 0 Å². The van der Waals surface area contributed by atoms with Gasteiger partial charge in [0.2, 0.25) is 41.4 Å². The minimum atomic E-state index is -1.79. The molecule has 11 N–H and O–H groups in total. The van der Waals surface area contributed by atoms with Crippen LogP contribution >= 0.6 is 0 Å². The highest BCUT2D eigenvalue weighted by atomic mass is 16.4. The van der Waals surface area contributed by atoms with Gasteiger partial charge in [-0.1, -0.05) is 32.4 Å². The van der Waals surface area contributed by atoms with E-state index >= 15 is 0 Å². The lowest BCUT2D eigenvalue weighted by molar-refractivity contribution is -0.141. The van der Waals surface area contributed by atoms with E-state index in [4.69, 9.17) is 0 Å². The number of aliphatic carboxylic acids is 1. The number of benzene rings is 1. The van der Waals surface area contributed by atoms with Crippen molar-refractivity contribution in [1.82, 2.24) is 47.2 Å². The quantitative estimate of drug-likeness (QED) is 0.119. The second-order valence-electron chi connectivity index (χ2n) is 12.6. The molecule has 0 bridgehead atoms. The van der Waals surface area contributed by atoms with Crippen LogP contribution in [0, 0.1) is 5.92 Å². The van der Waals surface area contributed by atoms with Gasteiger partial charge in [-0.15, -0.1) is 0 Å². The Morgan fingerprint density at radius 1 is 0.755 bits per heavy atom. The van der Waals surface area contributed by atoms with Crippen LogP contribution in [0.1, 0.15) is 44.9 Å². The average molecular weight is 744 g/mol. The molecule has 3 rings (SSSR count). The number of aliphatic hydroxyl groups excluding tert-OH is 1. The van der Waals surface area contributed by atoms with Crippen LogP contribution < -0.4 is 37.2 Å². The van der Waals surface area contributed by atoms with Crippen LogP contribution in [0.3, 0.4) is 0 Å². The highest BCUT2D eigenvalue weighted by molar-refractivity contribution is 5.98. The van der Waals surface area contributed by atoms with Crippen molar-refractivity contribution in [3.63, 3.8) is 0 Å². The second kappa shape index (κ2) is 19.5. The molecule has 20 heteroatoms. The lowest BCUT2D eigenvalue weighted by atomic mass is 9.97. The summed E-state index contributed by atoms with van der Waals surface area (Å²) >= 11 is 0. The minimum absolute atomic E-state index is 0.0519. The molecule has 7 atom stereocenters. The number of carboxylic acids is 1. The Balaban J connectivity index is 2.00. The fraction of sp³-hybridized carbons (Fsp3) is 0.485. The molecule has 7 amide bonds. The highest BCUT2D eigenvalue weighted by Gasteiger charge is 2.35. The molecule has 0 unspecified atom stereocenters. The van der Waals surface area contributed by atoms with Crippen molar-refractivity contribution >= 4 is 47.3 Å². The van der Waals surface area contributed by atoms with E-state index in [-0.39, 0.29) is 18.6 Å². The lowest BCUT2D eigenvalue weighted by Gasteiger charge is -2.28. The van der Waals surface area contributed by atoms with E-state index in [2.05, 4.69) is 47.2 Å². The van der Waals surface area contributed by atoms with Crippen LogP contribution in [0.15, 0.2) is 36.8 Å².